The molecule has 0 aromatic rings. The highest BCUT2D eigenvalue weighted by Gasteiger charge is 2.34. The molecule has 0 aliphatic heterocycles. The van der Waals surface area contributed by atoms with E-state index in [0.717, 1.165) is 19.3 Å². The van der Waals surface area contributed by atoms with Gasteiger partial charge in [-0.1, -0.05) is 6.42 Å². The monoisotopic (exact) mass is 275 g/mol. The first-order valence-corrected chi connectivity index (χ1v) is 8.29. The Morgan fingerprint density at radius 1 is 1.28 bits per heavy atom. The molecule has 0 bridgehead atoms. The van der Waals surface area contributed by atoms with E-state index < -0.39 is 14.6 Å². The lowest BCUT2D eigenvalue weighted by atomic mass is 9.91. The Morgan fingerprint density at radius 2 is 1.89 bits per heavy atom. The van der Waals surface area contributed by atoms with Gasteiger partial charge in [-0.25, -0.2) is 8.42 Å². The van der Waals surface area contributed by atoms with E-state index in [1.54, 1.807) is 20.8 Å². The summed E-state index contributed by atoms with van der Waals surface area (Å²) in [6.07, 6.45) is 3.04. The number of Topliss-reactive ketones (excluding diaryl/α,β-unsaturated/α-hetero) is 1. The Balaban J connectivity index is 2.57. The summed E-state index contributed by atoms with van der Waals surface area (Å²) in [5.74, 6) is 0.291. The van der Waals surface area contributed by atoms with Gasteiger partial charge in [0.05, 0.1) is 10.5 Å². The molecule has 0 heterocycles. The van der Waals surface area contributed by atoms with E-state index in [-0.39, 0.29) is 29.8 Å². The Hall–Kier alpha value is -0.420. The van der Waals surface area contributed by atoms with Crippen LogP contribution in [0.15, 0.2) is 0 Å². The molecule has 0 radical (unpaired) electrons. The summed E-state index contributed by atoms with van der Waals surface area (Å²) < 4.78 is 23.1. The van der Waals surface area contributed by atoms with Gasteiger partial charge in [-0.3, -0.25) is 4.79 Å². The molecule has 1 saturated carbocycles. The minimum atomic E-state index is -3.20. The first-order chi connectivity index (χ1) is 8.19. The molecule has 1 rings (SSSR count). The normalized spacial score (nSPS) is 25.3. The zero-order valence-corrected chi connectivity index (χ0v) is 12.4. The van der Waals surface area contributed by atoms with Crippen molar-refractivity contribution >= 4 is 15.6 Å². The van der Waals surface area contributed by atoms with Crippen LogP contribution in [0.2, 0.25) is 0 Å². The predicted octanol–water partition coefficient (Wildman–Crippen LogP) is 1.53. The molecular formula is C13H25NO3S. The summed E-state index contributed by atoms with van der Waals surface area (Å²) in [6, 6.07) is 0. The highest BCUT2D eigenvalue weighted by molar-refractivity contribution is 7.92. The van der Waals surface area contributed by atoms with Crippen LogP contribution in [-0.2, 0) is 14.6 Å². The van der Waals surface area contributed by atoms with Gasteiger partial charge in [0.25, 0.3) is 0 Å². The van der Waals surface area contributed by atoms with Crippen LogP contribution in [0.25, 0.3) is 0 Å². The molecule has 0 spiro atoms. The molecule has 106 valence electrons. The van der Waals surface area contributed by atoms with E-state index in [0.29, 0.717) is 6.54 Å². The summed E-state index contributed by atoms with van der Waals surface area (Å²) in [5.41, 5.74) is 5.64. The predicted molar refractivity (Wildman–Crippen MR) is 73.0 cm³/mol. The van der Waals surface area contributed by atoms with Crippen molar-refractivity contribution in [3.8, 4) is 0 Å². The average molecular weight is 275 g/mol. The second-order valence-corrected chi connectivity index (χ2v) is 9.04. The number of nitrogens with two attached hydrogens (primary N) is 1. The van der Waals surface area contributed by atoms with Crippen LogP contribution in [0.5, 0.6) is 0 Å². The molecule has 1 fully saturated rings. The van der Waals surface area contributed by atoms with Gasteiger partial charge >= 0.3 is 0 Å². The van der Waals surface area contributed by atoms with Crippen molar-refractivity contribution in [2.75, 3.05) is 12.3 Å². The minimum Gasteiger partial charge on any atom is -0.330 e. The van der Waals surface area contributed by atoms with Gasteiger partial charge in [-0.05, 0) is 46.1 Å². The van der Waals surface area contributed by atoms with Crippen molar-refractivity contribution in [1.82, 2.24) is 0 Å². The third kappa shape index (κ3) is 3.54. The van der Waals surface area contributed by atoms with E-state index in [9.17, 15) is 13.2 Å². The number of ketones is 1. The number of hydrogen-bond acceptors (Lipinski definition) is 4. The molecule has 2 unspecified atom stereocenters. The molecule has 0 saturated heterocycles. The topological polar surface area (TPSA) is 77.2 Å². The quantitative estimate of drug-likeness (QED) is 0.825. The van der Waals surface area contributed by atoms with Gasteiger partial charge in [0.2, 0.25) is 0 Å². The van der Waals surface area contributed by atoms with Gasteiger partial charge in [-0.15, -0.1) is 0 Å². The second-order valence-electron chi connectivity index (χ2n) is 6.18. The highest BCUT2D eigenvalue weighted by atomic mass is 32.2. The fourth-order valence-corrected chi connectivity index (χ4v) is 3.55. The van der Waals surface area contributed by atoms with Gasteiger partial charge in [0, 0.05) is 12.3 Å². The number of carbonyl (C=O) groups is 1. The second kappa shape index (κ2) is 5.70. The molecule has 18 heavy (non-hydrogen) atoms. The molecule has 1 aliphatic rings. The van der Waals surface area contributed by atoms with Crippen LogP contribution >= 0.6 is 0 Å². The molecule has 1 aliphatic carbocycles. The fraction of sp³-hybridized carbons (Fsp3) is 0.923. The Bertz CT molecular complexity index is 395. The molecule has 2 atom stereocenters. The zero-order chi connectivity index (χ0) is 14.0. The van der Waals surface area contributed by atoms with Crippen LogP contribution in [0.4, 0.5) is 0 Å². The van der Waals surface area contributed by atoms with E-state index in [4.69, 9.17) is 5.73 Å². The SMILES string of the molecule is CC(C)(C)S(=O)(=O)CCC(=O)C1CCCC1CN. The molecule has 4 nitrogen and oxygen atoms in total. The van der Waals surface area contributed by atoms with E-state index in [1.165, 1.54) is 0 Å². The largest absolute Gasteiger partial charge is 0.330 e. The zero-order valence-electron chi connectivity index (χ0n) is 11.6. The number of rotatable bonds is 5. The van der Waals surface area contributed by atoms with Crippen LogP contribution in [0.3, 0.4) is 0 Å². The summed E-state index contributed by atoms with van der Waals surface area (Å²) in [5, 5.41) is 0. The molecular weight excluding hydrogens is 250 g/mol. The van der Waals surface area contributed by atoms with Crippen LogP contribution in [-0.4, -0.2) is 31.2 Å². The van der Waals surface area contributed by atoms with Gasteiger partial charge in [0.1, 0.15) is 5.78 Å². The Labute approximate surface area is 110 Å². The fourth-order valence-electron chi connectivity index (χ4n) is 2.47. The first kappa shape index (κ1) is 15.6. The first-order valence-electron chi connectivity index (χ1n) is 6.64. The number of carbonyl (C=O) groups excluding carboxylic acids is 1. The number of hydrogen-bond donors (Lipinski definition) is 1. The maximum absolute atomic E-state index is 12.1. The van der Waals surface area contributed by atoms with Crippen molar-refractivity contribution in [2.45, 2.75) is 51.2 Å². The van der Waals surface area contributed by atoms with Gasteiger partial charge < -0.3 is 5.73 Å². The van der Waals surface area contributed by atoms with Crippen molar-refractivity contribution in [3.63, 3.8) is 0 Å². The Morgan fingerprint density at radius 3 is 2.39 bits per heavy atom. The lowest BCUT2D eigenvalue weighted by Crippen LogP contribution is -2.33. The third-order valence-electron chi connectivity index (χ3n) is 3.93. The van der Waals surface area contributed by atoms with Crippen molar-refractivity contribution < 1.29 is 13.2 Å². The van der Waals surface area contributed by atoms with E-state index in [1.807, 2.05) is 0 Å². The molecule has 0 aromatic heterocycles. The van der Waals surface area contributed by atoms with E-state index in [2.05, 4.69) is 0 Å². The molecule has 0 amide bonds. The average Bonchev–Trinajstić information content (AvgIpc) is 2.72. The number of sulfone groups is 1. The van der Waals surface area contributed by atoms with E-state index >= 15 is 0 Å². The van der Waals surface area contributed by atoms with Crippen molar-refractivity contribution in [2.24, 2.45) is 17.6 Å². The van der Waals surface area contributed by atoms with Gasteiger partial charge in [0.15, 0.2) is 9.84 Å². The van der Waals surface area contributed by atoms with Crippen molar-refractivity contribution in [1.29, 1.82) is 0 Å². The summed E-state index contributed by atoms with van der Waals surface area (Å²) >= 11 is 0. The molecule has 5 heteroatoms. The highest BCUT2D eigenvalue weighted by Crippen LogP contribution is 2.32. The maximum atomic E-state index is 12.1. The van der Waals surface area contributed by atoms with Crippen LogP contribution in [0.1, 0.15) is 46.5 Å². The molecule has 2 N–H and O–H groups in total. The lowest BCUT2D eigenvalue weighted by Gasteiger charge is -2.20. The summed E-state index contributed by atoms with van der Waals surface area (Å²) in [4.78, 5) is 12.1. The minimum absolute atomic E-state index is 0.00910. The van der Waals surface area contributed by atoms with Gasteiger partial charge in [-0.2, -0.15) is 0 Å². The standard InChI is InChI=1S/C13H25NO3S/c1-13(2,3)18(16,17)8-7-12(15)11-6-4-5-10(11)9-14/h10-11H,4-9,14H2,1-3H3. The lowest BCUT2D eigenvalue weighted by molar-refractivity contribution is -0.123. The molecule has 0 aromatic carbocycles. The summed E-state index contributed by atoms with van der Waals surface area (Å²) in [7, 11) is -3.20. The summed E-state index contributed by atoms with van der Waals surface area (Å²) in [6.45, 7) is 5.55. The smallest absolute Gasteiger partial charge is 0.155 e. The van der Waals surface area contributed by atoms with Crippen LogP contribution in [0, 0.1) is 11.8 Å². The van der Waals surface area contributed by atoms with Crippen molar-refractivity contribution in [3.05, 3.63) is 0 Å². The Kier molecular flexibility index (Phi) is 4.95. The van der Waals surface area contributed by atoms with Crippen LogP contribution < -0.4 is 5.73 Å². The maximum Gasteiger partial charge on any atom is 0.155 e. The third-order valence-corrected chi connectivity index (χ3v) is 6.53.